The number of amides is 1. The van der Waals surface area contributed by atoms with Gasteiger partial charge >= 0.3 is 0 Å². The Bertz CT molecular complexity index is 919. The first-order chi connectivity index (χ1) is 12.0. The van der Waals surface area contributed by atoms with E-state index in [1.165, 1.54) is 12.1 Å². The highest BCUT2D eigenvalue weighted by Crippen LogP contribution is 2.24. The molecule has 7 heteroatoms. The molecule has 0 bridgehead atoms. The second kappa shape index (κ2) is 7.23. The quantitative estimate of drug-likeness (QED) is 0.550. The minimum atomic E-state index is -0.463. The average molecular weight is 353 g/mol. The van der Waals surface area contributed by atoms with Gasteiger partial charge in [-0.3, -0.25) is 14.9 Å². The van der Waals surface area contributed by atoms with Gasteiger partial charge in [0.1, 0.15) is 0 Å². The highest BCUT2D eigenvalue weighted by molar-refractivity contribution is 7.09. The molecular weight excluding hydrogens is 338 g/mol. The van der Waals surface area contributed by atoms with Gasteiger partial charge in [0.15, 0.2) is 0 Å². The molecule has 0 fully saturated rings. The van der Waals surface area contributed by atoms with Crippen LogP contribution < -0.4 is 5.32 Å². The van der Waals surface area contributed by atoms with E-state index in [0.717, 1.165) is 21.8 Å². The van der Waals surface area contributed by atoms with Gasteiger partial charge in [-0.05, 0) is 24.6 Å². The summed E-state index contributed by atoms with van der Waals surface area (Å²) >= 11 is 1.58. The highest BCUT2D eigenvalue weighted by atomic mass is 32.1. The van der Waals surface area contributed by atoms with Gasteiger partial charge in [0.25, 0.3) is 5.69 Å². The van der Waals surface area contributed by atoms with E-state index in [-0.39, 0.29) is 18.0 Å². The number of hydrogen-bond acceptors (Lipinski definition) is 5. The van der Waals surface area contributed by atoms with E-state index < -0.39 is 4.92 Å². The number of carbonyl (C=O) groups excluding carboxylic acids is 1. The van der Waals surface area contributed by atoms with Crippen molar-refractivity contribution in [1.82, 2.24) is 4.98 Å². The molecule has 0 radical (unpaired) electrons. The summed E-state index contributed by atoms with van der Waals surface area (Å²) in [6.07, 6.45) is 0.151. The summed E-state index contributed by atoms with van der Waals surface area (Å²) in [5, 5.41) is 16.5. The second-order valence-electron chi connectivity index (χ2n) is 5.48. The van der Waals surface area contributed by atoms with E-state index in [1.807, 2.05) is 36.6 Å². The third-order valence-corrected chi connectivity index (χ3v) is 4.35. The molecule has 0 saturated heterocycles. The molecule has 6 nitrogen and oxygen atoms in total. The zero-order valence-electron chi connectivity index (χ0n) is 13.4. The number of anilines is 1. The van der Waals surface area contributed by atoms with Crippen LogP contribution in [0.25, 0.3) is 11.3 Å². The van der Waals surface area contributed by atoms with E-state index in [9.17, 15) is 14.9 Å². The van der Waals surface area contributed by atoms with Gasteiger partial charge in [-0.2, -0.15) is 0 Å². The predicted molar refractivity (Wildman–Crippen MR) is 97.7 cm³/mol. The number of rotatable bonds is 5. The SMILES string of the molecule is Cc1nc(-c2cccc(NC(=O)Cc3ccc([N+](=O)[O-])cc3)c2)cs1. The standard InChI is InChI=1S/C18H15N3O3S/c1-12-19-17(11-25-12)14-3-2-4-15(10-14)20-18(22)9-13-5-7-16(8-6-13)21(23)24/h2-8,10-11H,9H2,1H3,(H,20,22). The number of aromatic nitrogens is 1. The molecule has 1 N–H and O–H groups in total. The van der Waals surface area contributed by atoms with Crippen molar-refractivity contribution < 1.29 is 9.72 Å². The van der Waals surface area contributed by atoms with Gasteiger partial charge in [0, 0.05) is 28.8 Å². The number of nitrogens with one attached hydrogen (secondary N) is 1. The molecule has 1 amide bonds. The number of thiazole rings is 1. The summed E-state index contributed by atoms with van der Waals surface area (Å²) in [6, 6.07) is 13.5. The number of nitro groups is 1. The van der Waals surface area contributed by atoms with Crippen molar-refractivity contribution in [2.75, 3.05) is 5.32 Å². The molecule has 0 saturated carbocycles. The van der Waals surface area contributed by atoms with E-state index in [0.29, 0.717) is 5.69 Å². The maximum absolute atomic E-state index is 12.2. The molecule has 0 aliphatic heterocycles. The van der Waals surface area contributed by atoms with Crippen LogP contribution in [0, 0.1) is 17.0 Å². The van der Waals surface area contributed by atoms with Crippen LogP contribution in [0.15, 0.2) is 53.9 Å². The summed E-state index contributed by atoms with van der Waals surface area (Å²) in [5.41, 5.74) is 3.24. The first-order valence-electron chi connectivity index (χ1n) is 7.57. The normalized spacial score (nSPS) is 10.4. The van der Waals surface area contributed by atoms with Crippen LogP contribution in [0.2, 0.25) is 0 Å². The molecule has 0 unspecified atom stereocenters. The smallest absolute Gasteiger partial charge is 0.269 e. The van der Waals surface area contributed by atoms with E-state index in [4.69, 9.17) is 0 Å². The molecule has 0 aliphatic rings. The molecule has 25 heavy (non-hydrogen) atoms. The first kappa shape index (κ1) is 16.8. The van der Waals surface area contributed by atoms with Crippen LogP contribution in [0.3, 0.4) is 0 Å². The summed E-state index contributed by atoms with van der Waals surface area (Å²) in [5.74, 6) is -0.180. The van der Waals surface area contributed by atoms with E-state index >= 15 is 0 Å². The van der Waals surface area contributed by atoms with Crippen molar-refractivity contribution in [2.45, 2.75) is 13.3 Å². The third kappa shape index (κ3) is 4.27. The molecule has 126 valence electrons. The predicted octanol–water partition coefficient (Wildman–Crippen LogP) is 4.21. The number of benzene rings is 2. The Labute approximate surface area is 148 Å². The molecule has 1 aromatic heterocycles. The van der Waals surface area contributed by atoms with Crippen LogP contribution in [0.1, 0.15) is 10.6 Å². The number of non-ortho nitro benzene ring substituents is 1. The fraction of sp³-hybridized carbons (Fsp3) is 0.111. The Morgan fingerprint density at radius 3 is 2.64 bits per heavy atom. The lowest BCUT2D eigenvalue weighted by Crippen LogP contribution is -2.14. The van der Waals surface area contributed by atoms with Gasteiger partial charge in [-0.25, -0.2) is 4.98 Å². The van der Waals surface area contributed by atoms with Crippen molar-refractivity contribution in [2.24, 2.45) is 0 Å². The lowest BCUT2D eigenvalue weighted by atomic mass is 10.1. The van der Waals surface area contributed by atoms with Gasteiger partial charge in [-0.15, -0.1) is 11.3 Å². The Morgan fingerprint density at radius 1 is 1.24 bits per heavy atom. The number of nitro benzene ring substituents is 1. The van der Waals surface area contributed by atoms with Gasteiger partial charge in [0.05, 0.1) is 22.0 Å². The molecule has 0 spiro atoms. The van der Waals surface area contributed by atoms with Crippen LogP contribution >= 0.6 is 11.3 Å². The molecule has 3 rings (SSSR count). The fourth-order valence-corrected chi connectivity index (χ4v) is 3.00. The maximum atomic E-state index is 12.2. The van der Waals surface area contributed by atoms with Crippen LogP contribution in [0.4, 0.5) is 11.4 Å². The van der Waals surface area contributed by atoms with Gasteiger partial charge in [-0.1, -0.05) is 24.3 Å². The first-order valence-corrected chi connectivity index (χ1v) is 8.45. The Kier molecular flexibility index (Phi) is 4.85. The van der Waals surface area contributed by atoms with Crippen molar-refractivity contribution in [3.05, 3.63) is 74.6 Å². The average Bonchev–Trinajstić information content (AvgIpc) is 3.02. The largest absolute Gasteiger partial charge is 0.326 e. The topological polar surface area (TPSA) is 85.1 Å². The van der Waals surface area contributed by atoms with Crippen molar-refractivity contribution >= 4 is 28.6 Å². The molecule has 3 aromatic rings. The Morgan fingerprint density at radius 2 is 2.00 bits per heavy atom. The lowest BCUT2D eigenvalue weighted by Gasteiger charge is -2.07. The number of hydrogen-bond donors (Lipinski definition) is 1. The number of aryl methyl sites for hydroxylation is 1. The van der Waals surface area contributed by atoms with Crippen molar-refractivity contribution in [3.63, 3.8) is 0 Å². The number of nitrogens with zero attached hydrogens (tertiary/aromatic N) is 2. The molecule has 1 heterocycles. The molecule has 0 aliphatic carbocycles. The van der Waals surface area contributed by atoms with Gasteiger partial charge < -0.3 is 5.32 Å². The summed E-state index contributed by atoms with van der Waals surface area (Å²) in [4.78, 5) is 26.8. The lowest BCUT2D eigenvalue weighted by molar-refractivity contribution is -0.384. The molecule has 0 atom stereocenters. The second-order valence-corrected chi connectivity index (χ2v) is 6.54. The maximum Gasteiger partial charge on any atom is 0.269 e. The van der Waals surface area contributed by atoms with Gasteiger partial charge in [0.2, 0.25) is 5.91 Å². The highest BCUT2D eigenvalue weighted by Gasteiger charge is 2.09. The zero-order valence-corrected chi connectivity index (χ0v) is 14.2. The third-order valence-electron chi connectivity index (χ3n) is 3.57. The summed E-state index contributed by atoms with van der Waals surface area (Å²) in [7, 11) is 0. The van der Waals surface area contributed by atoms with Crippen LogP contribution in [0.5, 0.6) is 0 Å². The zero-order chi connectivity index (χ0) is 17.8. The number of carbonyl (C=O) groups is 1. The fourth-order valence-electron chi connectivity index (χ4n) is 2.38. The van der Waals surface area contributed by atoms with Crippen LogP contribution in [-0.2, 0) is 11.2 Å². The Balaban J connectivity index is 1.67. The van der Waals surface area contributed by atoms with E-state index in [2.05, 4.69) is 10.3 Å². The molecule has 2 aromatic carbocycles. The molecular formula is C18H15N3O3S. The van der Waals surface area contributed by atoms with Crippen LogP contribution in [-0.4, -0.2) is 15.8 Å². The monoisotopic (exact) mass is 353 g/mol. The van der Waals surface area contributed by atoms with Crippen molar-refractivity contribution in [1.29, 1.82) is 0 Å². The Hall–Kier alpha value is -3.06. The minimum absolute atomic E-state index is 0.00964. The van der Waals surface area contributed by atoms with E-state index in [1.54, 1.807) is 23.5 Å². The van der Waals surface area contributed by atoms with Crippen molar-refractivity contribution in [3.8, 4) is 11.3 Å². The summed E-state index contributed by atoms with van der Waals surface area (Å²) < 4.78 is 0. The minimum Gasteiger partial charge on any atom is -0.326 e. The summed E-state index contributed by atoms with van der Waals surface area (Å²) in [6.45, 7) is 1.95.